The molecule has 0 radical (unpaired) electrons. The van der Waals surface area contributed by atoms with Crippen LogP contribution in [0.2, 0.25) is 0 Å². The minimum Gasteiger partial charge on any atom is -0.366 e. The van der Waals surface area contributed by atoms with E-state index in [-0.39, 0.29) is 17.7 Å². The number of nitrogens with one attached hydrogen (secondary N) is 1. The molecule has 7 heteroatoms. The first-order chi connectivity index (χ1) is 10.1. The van der Waals surface area contributed by atoms with E-state index in [0.29, 0.717) is 5.41 Å². The number of piperidine rings is 1. The fraction of sp³-hybridized carbons (Fsp3) is 0.786. The highest BCUT2D eigenvalue weighted by atomic mass is 16.2. The van der Waals surface area contributed by atoms with Gasteiger partial charge in [-0.2, -0.15) is 4.98 Å². The minimum absolute atomic E-state index is 0.0795. The van der Waals surface area contributed by atoms with Gasteiger partial charge in [-0.15, -0.1) is 5.10 Å². The van der Waals surface area contributed by atoms with Gasteiger partial charge in [-0.05, 0) is 57.7 Å². The van der Waals surface area contributed by atoms with Gasteiger partial charge in [0.15, 0.2) is 0 Å². The van der Waals surface area contributed by atoms with Gasteiger partial charge in [0.1, 0.15) is 0 Å². The van der Waals surface area contributed by atoms with Gasteiger partial charge >= 0.3 is 0 Å². The van der Waals surface area contributed by atoms with Crippen molar-refractivity contribution in [1.82, 2.24) is 25.0 Å². The van der Waals surface area contributed by atoms with E-state index in [0.717, 1.165) is 25.9 Å². The van der Waals surface area contributed by atoms with E-state index in [4.69, 9.17) is 5.73 Å². The number of nitrogen functional groups attached to an aromatic ring is 1. The molecule has 2 aliphatic rings. The van der Waals surface area contributed by atoms with Crippen LogP contribution in [0.25, 0.3) is 0 Å². The molecular weight excluding hydrogens is 268 g/mol. The van der Waals surface area contributed by atoms with Crippen molar-refractivity contribution in [2.45, 2.75) is 32.1 Å². The zero-order valence-electron chi connectivity index (χ0n) is 12.6. The minimum atomic E-state index is -0.0795. The summed E-state index contributed by atoms with van der Waals surface area (Å²) in [6, 6.07) is 0. The molecule has 3 heterocycles. The van der Waals surface area contributed by atoms with Crippen molar-refractivity contribution in [2.24, 2.45) is 5.41 Å². The predicted molar refractivity (Wildman–Crippen MR) is 79.7 cm³/mol. The van der Waals surface area contributed by atoms with Crippen molar-refractivity contribution in [1.29, 1.82) is 0 Å². The lowest BCUT2D eigenvalue weighted by Crippen LogP contribution is -2.39. The van der Waals surface area contributed by atoms with Gasteiger partial charge < -0.3 is 15.5 Å². The molecule has 0 saturated carbocycles. The molecule has 0 atom stereocenters. The first-order valence-corrected chi connectivity index (χ1v) is 7.74. The Hall–Kier alpha value is -1.63. The monoisotopic (exact) mass is 292 g/mol. The standard InChI is InChI=1S/C14H24N6O/c1-19-8-4-14(5-9-19)3-2-7-20(10-6-14)12(21)11-16-13(15)18-17-11/h2-10H2,1H3,(H3,15,16,17,18). The van der Waals surface area contributed by atoms with Crippen molar-refractivity contribution < 1.29 is 4.79 Å². The van der Waals surface area contributed by atoms with Crippen LogP contribution in [0, 0.1) is 5.41 Å². The molecule has 1 spiro atoms. The molecule has 21 heavy (non-hydrogen) atoms. The number of hydrogen-bond donors (Lipinski definition) is 2. The summed E-state index contributed by atoms with van der Waals surface area (Å²) in [5.41, 5.74) is 5.91. The summed E-state index contributed by atoms with van der Waals surface area (Å²) < 4.78 is 0. The number of rotatable bonds is 1. The number of aromatic amines is 1. The van der Waals surface area contributed by atoms with E-state index in [1.54, 1.807) is 0 Å². The third-order valence-electron chi connectivity index (χ3n) is 5.09. The second-order valence-corrected chi connectivity index (χ2v) is 6.49. The van der Waals surface area contributed by atoms with E-state index in [2.05, 4.69) is 27.1 Å². The molecule has 0 unspecified atom stereocenters. The number of nitrogens with two attached hydrogens (primary N) is 1. The lowest BCUT2D eigenvalue weighted by Gasteiger charge is -2.40. The van der Waals surface area contributed by atoms with Crippen LogP contribution in [0.5, 0.6) is 0 Å². The fourth-order valence-corrected chi connectivity index (χ4v) is 3.57. The van der Waals surface area contributed by atoms with Gasteiger partial charge in [0.05, 0.1) is 0 Å². The highest BCUT2D eigenvalue weighted by Crippen LogP contribution is 2.40. The molecule has 3 N–H and O–H groups in total. The molecule has 0 aliphatic carbocycles. The second kappa shape index (κ2) is 5.63. The van der Waals surface area contributed by atoms with Crippen LogP contribution in [0.4, 0.5) is 5.95 Å². The zero-order chi connectivity index (χ0) is 14.9. The highest BCUT2D eigenvalue weighted by Gasteiger charge is 2.36. The molecular formula is C14H24N6O. The fourth-order valence-electron chi connectivity index (χ4n) is 3.57. The van der Waals surface area contributed by atoms with Crippen molar-refractivity contribution in [3.8, 4) is 0 Å². The third-order valence-corrected chi connectivity index (χ3v) is 5.09. The Morgan fingerprint density at radius 3 is 2.57 bits per heavy atom. The number of carbonyl (C=O) groups excluding carboxylic acids is 1. The molecule has 2 fully saturated rings. The lowest BCUT2D eigenvalue weighted by molar-refractivity contribution is 0.0723. The quantitative estimate of drug-likeness (QED) is 0.796. The van der Waals surface area contributed by atoms with E-state index < -0.39 is 0 Å². The summed E-state index contributed by atoms with van der Waals surface area (Å²) in [4.78, 5) is 20.7. The average Bonchev–Trinajstić information content (AvgIpc) is 2.81. The summed E-state index contributed by atoms with van der Waals surface area (Å²) in [5.74, 6) is 0.302. The summed E-state index contributed by atoms with van der Waals surface area (Å²) in [6.45, 7) is 3.96. The molecule has 1 aromatic heterocycles. The Kier molecular flexibility index (Phi) is 3.84. The number of hydrogen-bond acceptors (Lipinski definition) is 5. The molecule has 1 amide bonds. The Labute approximate surface area is 124 Å². The van der Waals surface area contributed by atoms with Crippen molar-refractivity contribution in [3.05, 3.63) is 5.82 Å². The normalized spacial score (nSPS) is 23.2. The summed E-state index contributed by atoms with van der Waals surface area (Å²) in [7, 11) is 2.19. The van der Waals surface area contributed by atoms with Gasteiger partial charge in [0, 0.05) is 13.1 Å². The van der Waals surface area contributed by atoms with Crippen molar-refractivity contribution in [3.63, 3.8) is 0 Å². The van der Waals surface area contributed by atoms with E-state index in [1.165, 1.54) is 32.4 Å². The van der Waals surface area contributed by atoms with Crippen LogP contribution < -0.4 is 5.73 Å². The van der Waals surface area contributed by atoms with Gasteiger partial charge in [-0.25, -0.2) is 0 Å². The van der Waals surface area contributed by atoms with Crippen LogP contribution in [0.15, 0.2) is 0 Å². The number of likely N-dealkylation sites (tertiary alicyclic amines) is 2. The topological polar surface area (TPSA) is 91.1 Å². The number of H-pyrrole nitrogens is 1. The van der Waals surface area contributed by atoms with Crippen molar-refractivity contribution in [2.75, 3.05) is 39.0 Å². The number of nitrogens with zero attached hydrogens (tertiary/aromatic N) is 4. The Balaban J connectivity index is 1.64. The first kappa shape index (κ1) is 14.3. The number of anilines is 1. The van der Waals surface area contributed by atoms with Crippen molar-refractivity contribution >= 4 is 11.9 Å². The maximum Gasteiger partial charge on any atom is 0.291 e. The van der Waals surface area contributed by atoms with Crippen LogP contribution in [0.3, 0.4) is 0 Å². The lowest BCUT2D eigenvalue weighted by atomic mass is 9.73. The Bertz CT molecular complexity index is 505. The summed E-state index contributed by atoms with van der Waals surface area (Å²) in [5, 5.41) is 6.35. The smallest absolute Gasteiger partial charge is 0.291 e. The molecule has 0 bridgehead atoms. The van der Waals surface area contributed by atoms with E-state index >= 15 is 0 Å². The van der Waals surface area contributed by atoms with Crippen LogP contribution in [-0.2, 0) is 0 Å². The number of aromatic nitrogens is 3. The van der Waals surface area contributed by atoms with Crippen LogP contribution in [-0.4, -0.2) is 64.1 Å². The van der Waals surface area contributed by atoms with Gasteiger partial charge in [0.2, 0.25) is 11.8 Å². The average molecular weight is 292 g/mol. The summed E-state index contributed by atoms with van der Waals surface area (Å²) >= 11 is 0. The first-order valence-electron chi connectivity index (χ1n) is 7.74. The molecule has 2 aliphatic heterocycles. The van der Waals surface area contributed by atoms with Crippen LogP contribution >= 0.6 is 0 Å². The Morgan fingerprint density at radius 2 is 1.90 bits per heavy atom. The zero-order valence-corrected chi connectivity index (χ0v) is 12.6. The van der Waals surface area contributed by atoms with Gasteiger partial charge in [-0.1, -0.05) is 0 Å². The SMILES string of the molecule is CN1CCC2(CCCN(C(=O)c3nc(N)n[nH]3)CC2)CC1. The van der Waals surface area contributed by atoms with Gasteiger partial charge in [0.25, 0.3) is 5.91 Å². The molecule has 3 rings (SSSR count). The van der Waals surface area contributed by atoms with Gasteiger partial charge in [-0.3, -0.25) is 9.89 Å². The maximum atomic E-state index is 12.4. The maximum absolute atomic E-state index is 12.4. The van der Waals surface area contributed by atoms with E-state index in [1.807, 2.05) is 4.90 Å². The predicted octanol–water partition coefficient (Wildman–Crippen LogP) is 0.725. The Morgan fingerprint density at radius 1 is 1.19 bits per heavy atom. The van der Waals surface area contributed by atoms with E-state index in [9.17, 15) is 4.79 Å². The summed E-state index contributed by atoms with van der Waals surface area (Å²) in [6.07, 6.45) is 5.89. The molecule has 116 valence electrons. The largest absolute Gasteiger partial charge is 0.366 e. The molecule has 2 saturated heterocycles. The second-order valence-electron chi connectivity index (χ2n) is 6.49. The highest BCUT2D eigenvalue weighted by molar-refractivity contribution is 5.90. The van der Waals surface area contributed by atoms with Crippen LogP contribution in [0.1, 0.15) is 42.7 Å². The number of carbonyl (C=O) groups is 1. The molecule has 0 aromatic carbocycles. The molecule has 7 nitrogen and oxygen atoms in total. The molecule has 1 aromatic rings. The number of amides is 1. The third kappa shape index (κ3) is 3.02.